The van der Waals surface area contributed by atoms with E-state index in [1.807, 2.05) is 21.1 Å². The summed E-state index contributed by atoms with van der Waals surface area (Å²) >= 11 is 0. The predicted octanol–water partition coefficient (Wildman–Crippen LogP) is 13.0. The highest BCUT2D eigenvalue weighted by atomic mass is 31.2. The fraction of sp³-hybridized carbons (Fsp3) is 0.708. The zero-order valence-corrected chi connectivity index (χ0v) is 38.4. The maximum Gasteiger partial charge on any atom is 0.472 e. The molecule has 9 nitrogen and oxygen atoms in total. The minimum Gasteiger partial charge on any atom is -0.462 e. The highest BCUT2D eigenvalue weighted by Crippen LogP contribution is 2.43. The molecule has 0 bridgehead atoms. The average molecular weight is 835 g/mol. The van der Waals surface area contributed by atoms with Crippen molar-refractivity contribution in [3.63, 3.8) is 0 Å². The molecule has 0 aromatic heterocycles. The van der Waals surface area contributed by atoms with Crippen LogP contribution in [0.2, 0.25) is 0 Å². The summed E-state index contributed by atoms with van der Waals surface area (Å²) in [6.07, 6.45) is 50.1. The Morgan fingerprint density at radius 1 is 0.552 bits per heavy atom. The molecule has 10 heteroatoms. The maximum atomic E-state index is 12.6. The predicted molar refractivity (Wildman–Crippen MR) is 242 cm³/mol. The van der Waals surface area contributed by atoms with Crippen molar-refractivity contribution in [3.05, 3.63) is 72.9 Å². The second-order valence-electron chi connectivity index (χ2n) is 16.1. The summed E-state index contributed by atoms with van der Waals surface area (Å²) < 4.78 is 34.1. The Morgan fingerprint density at radius 2 is 0.983 bits per heavy atom. The van der Waals surface area contributed by atoms with E-state index in [2.05, 4.69) is 86.8 Å². The molecule has 0 amide bonds. The zero-order valence-electron chi connectivity index (χ0n) is 37.5. The van der Waals surface area contributed by atoms with Crippen molar-refractivity contribution in [1.82, 2.24) is 0 Å². The monoisotopic (exact) mass is 835 g/mol. The van der Waals surface area contributed by atoms with Crippen LogP contribution in [-0.2, 0) is 32.7 Å². The van der Waals surface area contributed by atoms with Crippen LogP contribution in [-0.4, -0.2) is 74.9 Å². The molecule has 0 aromatic rings. The van der Waals surface area contributed by atoms with E-state index in [0.717, 1.165) is 96.3 Å². The summed E-state index contributed by atoms with van der Waals surface area (Å²) in [4.78, 5) is 35.0. The molecule has 1 N–H and O–H groups in total. The summed E-state index contributed by atoms with van der Waals surface area (Å²) in [5.74, 6) is -0.822. The maximum absolute atomic E-state index is 12.6. The Morgan fingerprint density at radius 3 is 1.47 bits per heavy atom. The summed E-state index contributed by atoms with van der Waals surface area (Å²) in [6, 6.07) is 0. The van der Waals surface area contributed by atoms with Crippen molar-refractivity contribution in [2.75, 3.05) is 47.5 Å². The molecule has 2 unspecified atom stereocenters. The number of nitrogens with zero attached hydrogens (tertiary/aromatic N) is 1. The number of ether oxygens (including phenoxy) is 2. The normalized spacial score (nSPS) is 14.2. The van der Waals surface area contributed by atoms with Crippen LogP contribution in [0, 0.1) is 0 Å². The van der Waals surface area contributed by atoms with E-state index < -0.39 is 26.5 Å². The molecule has 0 radical (unpaired) electrons. The van der Waals surface area contributed by atoms with Gasteiger partial charge in [-0.2, -0.15) is 0 Å². The van der Waals surface area contributed by atoms with E-state index >= 15 is 0 Å². The fourth-order valence-corrected chi connectivity index (χ4v) is 6.46. The summed E-state index contributed by atoms with van der Waals surface area (Å²) in [5.41, 5.74) is 0. The minimum atomic E-state index is -4.37. The lowest BCUT2D eigenvalue weighted by Crippen LogP contribution is -2.37. The number of rotatable bonds is 40. The first-order chi connectivity index (χ1) is 28.0. The van der Waals surface area contributed by atoms with Gasteiger partial charge in [0, 0.05) is 12.8 Å². The lowest BCUT2D eigenvalue weighted by Gasteiger charge is -2.24. The lowest BCUT2D eigenvalue weighted by atomic mass is 10.0. The van der Waals surface area contributed by atoms with Crippen LogP contribution in [0.15, 0.2) is 72.9 Å². The van der Waals surface area contributed by atoms with Crippen LogP contribution in [0.4, 0.5) is 0 Å². The number of carbonyl (C=O) groups excluding carboxylic acids is 2. The Labute approximate surface area is 355 Å². The second kappa shape index (κ2) is 39.9. The molecule has 0 heterocycles. The van der Waals surface area contributed by atoms with Crippen molar-refractivity contribution in [3.8, 4) is 0 Å². The van der Waals surface area contributed by atoms with Gasteiger partial charge >= 0.3 is 19.8 Å². The highest BCUT2D eigenvalue weighted by molar-refractivity contribution is 7.47. The van der Waals surface area contributed by atoms with Gasteiger partial charge < -0.3 is 18.9 Å². The van der Waals surface area contributed by atoms with Gasteiger partial charge in [-0.1, -0.05) is 164 Å². The van der Waals surface area contributed by atoms with Crippen molar-refractivity contribution < 1.29 is 42.1 Å². The first-order valence-electron chi connectivity index (χ1n) is 22.7. The Hall–Kier alpha value is -2.55. The number of esters is 2. The topological polar surface area (TPSA) is 108 Å². The van der Waals surface area contributed by atoms with Gasteiger partial charge in [0.2, 0.25) is 0 Å². The number of unbranched alkanes of at least 4 members (excludes halogenated alkanes) is 14. The molecule has 0 fully saturated rings. The van der Waals surface area contributed by atoms with E-state index in [1.54, 1.807) is 0 Å². The van der Waals surface area contributed by atoms with Gasteiger partial charge in [0.15, 0.2) is 6.10 Å². The third kappa shape index (κ3) is 43.0. The lowest BCUT2D eigenvalue weighted by molar-refractivity contribution is -0.870. The molecule has 0 aliphatic carbocycles. The summed E-state index contributed by atoms with van der Waals surface area (Å²) in [5, 5.41) is 0. The minimum absolute atomic E-state index is 0.0283. The highest BCUT2D eigenvalue weighted by Gasteiger charge is 2.27. The molecule has 0 saturated heterocycles. The van der Waals surface area contributed by atoms with Gasteiger partial charge in [0.25, 0.3) is 0 Å². The van der Waals surface area contributed by atoms with Gasteiger partial charge in [-0.3, -0.25) is 18.6 Å². The Balaban J connectivity index is 4.06. The first-order valence-corrected chi connectivity index (χ1v) is 24.2. The van der Waals surface area contributed by atoms with Crippen molar-refractivity contribution in [2.45, 2.75) is 174 Å². The van der Waals surface area contributed by atoms with Crippen LogP contribution in [0.5, 0.6) is 0 Å². The molecule has 0 saturated carbocycles. The van der Waals surface area contributed by atoms with E-state index in [9.17, 15) is 19.0 Å². The Bertz CT molecular complexity index is 1220. The molecule has 334 valence electrons. The van der Waals surface area contributed by atoms with Gasteiger partial charge in [0.05, 0.1) is 27.7 Å². The SMILES string of the molecule is CC/C=C\C/C=C\C/C=C\C/C=C\C/C=C\C/C=C\CCCCCCCCCCCCC(=O)OC(COC(=O)CCCCCCC)COP(=O)(O)OCC[N+](C)(C)C. The third-order valence-electron chi connectivity index (χ3n) is 9.25. The number of quaternary nitrogens is 1. The smallest absolute Gasteiger partial charge is 0.462 e. The van der Waals surface area contributed by atoms with Gasteiger partial charge in [-0.25, -0.2) is 4.57 Å². The molecule has 0 aliphatic heterocycles. The molecule has 2 atom stereocenters. The number of allylic oxidation sites excluding steroid dienone is 12. The van der Waals surface area contributed by atoms with Gasteiger partial charge in [-0.15, -0.1) is 0 Å². The van der Waals surface area contributed by atoms with Crippen LogP contribution in [0.1, 0.15) is 168 Å². The molecule has 0 aliphatic rings. The van der Waals surface area contributed by atoms with Crippen LogP contribution in [0.25, 0.3) is 0 Å². The number of hydrogen-bond acceptors (Lipinski definition) is 7. The van der Waals surface area contributed by atoms with E-state index in [0.29, 0.717) is 17.4 Å². The van der Waals surface area contributed by atoms with Crippen molar-refractivity contribution in [2.24, 2.45) is 0 Å². The molecule has 0 spiro atoms. The van der Waals surface area contributed by atoms with Crippen molar-refractivity contribution in [1.29, 1.82) is 0 Å². The number of likely N-dealkylation sites (N-methyl/N-ethyl adjacent to an activating group) is 1. The second-order valence-corrected chi connectivity index (χ2v) is 17.5. The first kappa shape index (κ1) is 55.5. The molecule has 0 aromatic carbocycles. The van der Waals surface area contributed by atoms with Crippen LogP contribution < -0.4 is 0 Å². The van der Waals surface area contributed by atoms with Crippen LogP contribution >= 0.6 is 7.82 Å². The Kier molecular flexibility index (Phi) is 38.1. The van der Waals surface area contributed by atoms with Gasteiger partial charge in [-0.05, 0) is 64.2 Å². The fourth-order valence-electron chi connectivity index (χ4n) is 5.72. The van der Waals surface area contributed by atoms with Crippen molar-refractivity contribution >= 4 is 19.8 Å². The number of phosphoric ester groups is 1. The largest absolute Gasteiger partial charge is 0.472 e. The summed E-state index contributed by atoms with van der Waals surface area (Å²) in [7, 11) is 1.46. The molecular formula is C48H85NO8P+. The van der Waals surface area contributed by atoms with E-state index in [1.165, 1.54) is 38.5 Å². The van der Waals surface area contributed by atoms with E-state index in [4.69, 9.17) is 18.5 Å². The van der Waals surface area contributed by atoms with Gasteiger partial charge in [0.1, 0.15) is 19.8 Å². The molecule has 0 rings (SSSR count). The number of carbonyl (C=O) groups is 2. The summed E-state index contributed by atoms with van der Waals surface area (Å²) in [6.45, 7) is 4.19. The standard InChI is InChI=1S/C48H84NO8P/c1-6-8-10-12-13-14-15-16-17-18-19-20-21-22-23-24-25-26-27-28-29-30-31-32-33-34-35-37-39-41-48(51)57-46(44-54-47(50)40-38-36-11-9-7-2)45-56-58(52,53)55-43-42-49(3,4)5/h8,10,13-14,16-17,19-20,22-23,25-26,46H,6-7,9,11-12,15,18,21,24,27-45H2,1-5H3/p+1/b10-8-,14-13-,17-16-,20-19-,23-22-,26-25-. The van der Waals surface area contributed by atoms with Crippen LogP contribution in [0.3, 0.4) is 0 Å². The quantitative estimate of drug-likeness (QED) is 0.0214. The zero-order chi connectivity index (χ0) is 42.8. The van der Waals surface area contributed by atoms with E-state index in [-0.39, 0.29) is 32.0 Å². The number of hydrogen-bond donors (Lipinski definition) is 1. The average Bonchev–Trinajstić information content (AvgIpc) is 3.17. The third-order valence-corrected chi connectivity index (χ3v) is 10.2. The number of phosphoric acid groups is 1. The molecular weight excluding hydrogens is 750 g/mol. The molecule has 58 heavy (non-hydrogen) atoms.